The molecule has 1 unspecified atom stereocenters. The minimum absolute atomic E-state index is 0.342. The van der Waals surface area contributed by atoms with E-state index in [2.05, 4.69) is 6.07 Å². The van der Waals surface area contributed by atoms with Crippen LogP contribution in [0.15, 0.2) is 0 Å². The van der Waals surface area contributed by atoms with Crippen LogP contribution in [0.4, 0.5) is 0 Å². The topological polar surface area (TPSA) is 69.9 Å². The van der Waals surface area contributed by atoms with Crippen LogP contribution in [0.5, 0.6) is 0 Å². The summed E-state index contributed by atoms with van der Waals surface area (Å²) in [6.45, 7) is 7.25. The summed E-state index contributed by atoms with van der Waals surface area (Å²) in [5, 5.41) is 9.15. The summed E-state index contributed by atoms with van der Waals surface area (Å²) in [7, 11) is 0. The molecule has 0 aromatic heterocycles. The second kappa shape index (κ2) is 3.65. The third-order valence-corrected chi connectivity index (χ3v) is 3.28. The quantitative estimate of drug-likeness (QED) is 0.640. The molecule has 3 aliphatic rings. The van der Waals surface area contributed by atoms with E-state index in [4.69, 9.17) is 28.9 Å². The molecule has 5 atom stereocenters. The Kier molecular flexibility index (Phi) is 2.50. The predicted octanol–water partition coefficient (Wildman–Crippen LogP) is 0.906. The van der Waals surface area contributed by atoms with Crippen molar-refractivity contribution in [3.63, 3.8) is 0 Å². The van der Waals surface area contributed by atoms with Gasteiger partial charge >= 0.3 is 0 Å². The van der Waals surface area contributed by atoms with Crippen LogP contribution in [0.25, 0.3) is 0 Å². The zero-order chi connectivity index (χ0) is 13.1. The van der Waals surface area contributed by atoms with Crippen molar-refractivity contribution < 1.29 is 23.7 Å². The van der Waals surface area contributed by atoms with E-state index in [1.165, 1.54) is 0 Å². The van der Waals surface area contributed by atoms with E-state index in [1.54, 1.807) is 0 Å². The highest BCUT2D eigenvalue weighted by molar-refractivity contribution is 5.06. The third-order valence-electron chi connectivity index (χ3n) is 3.28. The lowest BCUT2D eigenvalue weighted by Crippen LogP contribution is -2.54. The fourth-order valence-electron chi connectivity index (χ4n) is 2.72. The van der Waals surface area contributed by atoms with Crippen LogP contribution in [0, 0.1) is 11.3 Å². The Morgan fingerprint density at radius 1 is 0.833 bits per heavy atom. The maximum absolute atomic E-state index is 9.15. The highest BCUT2D eigenvalue weighted by Crippen LogP contribution is 2.43. The molecule has 0 aliphatic carbocycles. The molecule has 0 N–H and O–H groups in total. The fourth-order valence-corrected chi connectivity index (χ4v) is 2.72. The fraction of sp³-hybridized carbons (Fsp3) is 0.917. The molecule has 0 aromatic rings. The van der Waals surface area contributed by atoms with Gasteiger partial charge in [0, 0.05) is 0 Å². The standard InChI is InChI=1S/C12H17NO5/c1-11(2)15-7-6(5-13)14-10-9(8(7)16-11)17-12(3,4)18-10/h6-10H,1-4H3/t6-,7+,8?,9-,10-/m0/s1. The summed E-state index contributed by atoms with van der Waals surface area (Å²) in [5.41, 5.74) is 0. The summed E-state index contributed by atoms with van der Waals surface area (Å²) < 4.78 is 28.6. The molecule has 100 valence electrons. The lowest BCUT2D eigenvalue weighted by atomic mass is 10.00. The first-order valence-electron chi connectivity index (χ1n) is 6.08. The van der Waals surface area contributed by atoms with Crippen molar-refractivity contribution in [3.8, 4) is 6.07 Å². The van der Waals surface area contributed by atoms with E-state index in [0.717, 1.165) is 0 Å². The Hall–Kier alpha value is -0.710. The number of fused-ring (bicyclic) bond motifs is 3. The van der Waals surface area contributed by atoms with Crippen LogP contribution in [0.3, 0.4) is 0 Å². The Morgan fingerprint density at radius 2 is 1.39 bits per heavy atom. The number of ether oxygens (including phenoxy) is 5. The second-order valence-corrected chi connectivity index (χ2v) is 5.72. The van der Waals surface area contributed by atoms with Gasteiger partial charge in [-0.1, -0.05) is 0 Å². The predicted molar refractivity (Wildman–Crippen MR) is 58.1 cm³/mol. The number of nitriles is 1. The van der Waals surface area contributed by atoms with Crippen LogP contribution in [-0.4, -0.2) is 42.3 Å². The SMILES string of the molecule is CC1(C)O[C@@H]2O[C@@H](C#N)[C@H]3OC(C)(C)OC3[C@@H]2O1. The van der Waals surface area contributed by atoms with E-state index >= 15 is 0 Å². The van der Waals surface area contributed by atoms with Crippen molar-refractivity contribution in [2.24, 2.45) is 0 Å². The molecule has 3 aliphatic heterocycles. The first-order valence-corrected chi connectivity index (χ1v) is 6.08. The van der Waals surface area contributed by atoms with E-state index in [1.807, 2.05) is 27.7 Å². The Labute approximate surface area is 106 Å². The van der Waals surface area contributed by atoms with Gasteiger partial charge in [-0.05, 0) is 27.7 Å². The molecule has 0 radical (unpaired) electrons. The normalized spacial score (nSPS) is 48.3. The van der Waals surface area contributed by atoms with Gasteiger partial charge < -0.3 is 23.7 Å². The van der Waals surface area contributed by atoms with Crippen LogP contribution < -0.4 is 0 Å². The molecule has 0 aromatic carbocycles. The highest BCUT2D eigenvalue weighted by Gasteiger charge is 2.60. The van der Waals surface area contributed by atoms with Crippen molar-refractivity contribution in [1.29, 1.82) is 5.26 Å². The van der Waals surface area contributed by atoms with E-state index in [0.29, 0.717) is 0 Å². The van der Waals surface area contributed by atoms with Crippen molar-refractivity contribution in [2.45, 2.75) is 70.0 Å². The first kappa shape index (κ1) is 12.3. The van der Waals surface area contributed by atoms with Crippen LogP contribution in [0.2, 0.25) is 0 Å². The minimum Gasteiger partial charge on any atom is -0.341 e. The van der Waals surface area contributed by atoms with Gasteiger partial charge in [-0.15, -0.1) is 0 Å². The zero-order valence-corrected chi connectivity index (χ0v) is 10.9. The van der Waals surface area contributed by atoms with Crippen LogP contribution >= 0.6 is 0 Å². The Balaban J connectivity index is 1.89. The lowest BCUT2D eigenvalue weighted by Gasteiger charge is -2.33. The smallest absolute Gasteiger partial charge is 0.191 e. The molecule has 18 heavy (non-hydrogen) atoms. The van der Waals surface area contributed by atoms with E-state index in [9.17, 15) is 0 Å². The van der Waals surface area contributed by atoms with Crippen molar-refractivity contribution >= 4 is 0 Å². The number of hydrogen-bond acceptors (Lipinski definition) is 6. The lowest BCUT2D eigenvalue weighted by molar-refractivity contribution is -0.220. The number of nitrogens with zero attached hydrogens (tertiary/aromatic N) is 1. The van der Waals surface area contributed by atoms with Crippen LogP contribution in [0.1, 0.15) is 27.7 Å². The van der Waals surface area contributed by atoms with Crippen LogP contribution in [-0.2, 0) is 23.7 Å². The van der Waals surface area contributed by atoms with E-state index < -0.39 is 30.1 Å². The maximum Gasteiger partial charge on any atom is 0.191 e. The van der Waals surface area contributed by atoms with Gasteiger partial charge in [0.2, 0.25) is 0 Å². The monoisotopic (exact) mass is 255 g/mol. The van der Waals surface area contributed by atoms with Gasteiger partial charge in [-0.3, -0.25) is 0 Å². The van der Waals surface area contributed by atoms with Gasteiger partial charge in [-0.2, -0.15) is 5.26 Å². The molecular weight excluding hydrogens is 238 g/mol. The average Bonchev–Trinajstić information content (AvgIpc) is 2.71. The summed E-state index contributed by atoms with van der Waals surface area (Å²) in [5.74, 6) is -1.47. The molecule has 3 heterocycles. The zero-order valence-electron chi connectivity index (χ0n) is 10.9. The first-order chi connectivity index (χ1) is 8.31. The number of rotatable bonds is 0. The van der Waals surface area contributed by atoms with Gasteiger partial charge in [0.25, 0.3) is 0 Å². The van der Waals surface area contributed by atoms with Gasteiger partial charge in [0.1, 0.15) is 18.3 Å². The number of hydrogen-bond donors (Lipinski definition) is 0. The molecule has 3 saturated heterocycles. The van der Waals surface area contributed by atoms with Crippen molar-refractivity contribution in [2.75, 3.05) is 0 Å². The molecule has 0 amide bonds. The largest absolute Gasteiger partial charge is 0.341 e. The Bertz CT molecular complexity index is 402. The maximum atomic E-state index is 9.15. The molecule has 0 spiro atoms. The Morgan fingerprint density at radius 3 is 2.06 bits per heavy atom. The molecule has 0 bridgehead atoms. The molecule has 0 saturated carbocycles. The summed E-state index contributed by atoms with van der Waals surface area (Å²) >= 11 is 0. The van der Waals surface area contributed by atoms with Crippen molar-refractivity contribution in [3.05, 3.63) is 0 Å². The van der Waals surface area contributed by atoms with Gasteiger partial charge in [-0.25, -0.2) is 0 Å². The molecule has 3 rings (SSSR count). The molecule has 6 heteroatoms. The van der Waals surface area contributed by atoms with Gasteiger partial charge in [0.15, 0.2) is 24.0 Å². The minimum atomic E-state index is -0.737. The van der Waals surface area contributed by atoms with E-state index in [-0.39, 0.29) is 12.2 Å². The van der Waals surface area contributed by atoms with Gasteiger partial charge in [0.05, 0.1) is 6.07 Å². The summed E-state index contributed by atoms with van der Waals surface area (Å²) in [4.78, 5) is 0. The molecular formula is C12H17NO5. The summed E-state index contributed by atoms with van der Waals surface area (Å²) in [6, 6.07) is 2.09. The average molecular weight is 255 g/mol. The second-order valence-electron chi connectivity index (χ2n) is 5.72. The van der Waals surface area contributed by atoms with Crippen molar-refractivity contribution in [1.82, 2.24) is 0 Å². The molecule has 3 fully saturated rings. The summed E-state index contributed by atoms with van der Waals surface area (Å²) in [6.07, 6.45) is -2.43. The highest BCUT2D eigenvalue weighted by atomic mass is 16.9. The third kappa shape index (κ3) is 1.83. The molecule has 6 nitrogen and oxygen atoms in total.